The van der Waals surface area contributed by atoms with Crippen LogP contribution in [0.3, 0.4) is 0 Å². The zero-order valence-corrected chi connectivity index (χ0v) is 14.8. The molecular weight excluding hydrogens is 355 g/mol. The fourth-order valence-corrected chi connectivity index (χ4v) is 6.05. The fourth-order valence-electron chi connectivity index (χ4n) is 2.76. The van der Waals surface area contributed by atoms with Crippen molar-refractivity contribution in [3.63, 3.8) is 0 Å². The predicted octanol–water partition coefficient (Wildman–Crippen LogP) is 3.98. The van der Waals surface area contributed by atoms with Gasteiger partial charge in [-0.05, 0) is 0 Å². The Morgan fingerprint density at radius 3 is 2.17 bits per heavy atom. The average molecular weight is 377 g/mol. The molecule has 0 bridgehead atoms. The van der Waals surface area contributed by atoms with Crippen LogP contribution in [0.25, 0.3) is 0 Å². The molecule has 0 aromatic heterocycles. The Labute approximate surface area is 141 Å². The summed E-state index contributed by atoms with van der Waals surface area (Å²) in [6.07, 6.45) is 0.953. The Hall–Kier alpha value is -1.32. The van der Waals surface area contributed by atoms with E-state index in [0.717, 1.165) is 22.9 Å². The van der Waals surface area contributed by atoms with Crippen molar-refractivity contribution < 1.29 is 13.3 Å². The van der Waals surface area contributed by atoms with Crippen molar-refractivity contribution in [1.82, 2.24) is 0 Å². The van der Waals surface area contributed by atoms with Gasteiger partial charge in [0.1, 0.15) is 0 Å². The normalized spacial score (nSPS) is 23.9. The van der Waals surface area contributed by atoms with Crippen LogP contribution in [0.4, 0.5) is 0 Å². The third kappa shape index (κ3) is 4.82. The first-order valence-electron chi connectivity index (χ1n) is 7.97. The van der Waals surface area contributed by atoms with E-state index in [0.29, 0.717) is 19.8 Å². The van der Waals surface area contributed by atoms with E-state index >= 15 is 0 Å². The molecule has 23 heavy (non-hydrogen) atoms. The van der Waals surface area contributed by atoms with Gasteiger partial charge in [-0.2, -0.15) is 0 Å². The Bertz CT molecular complexity index is 615. The average Bonchev–Trinajstić information content (AvgIpc) is 2.95. The topological polar surface area (TPSA) is 35.5 Å². The van der Waals surface area contributed by atoms with E-state index in [9.17, 15) is 3.83 Å². The molecule has 1 aliphatic rings. The van der Waals surface area contributed by atoms with E-state index < -0.39 is 13.8 Å². The summed E-state index contributed by atoms with van der Waals surface area (Å²) in [5.74, 6) is 0. The molecule has 2 aromatic carbocycles. The summed E-state index contributed by atoms with van der Waals surface area (Å²) >= 11 is -1.83. The number of hydrogen-bond acceptors (Lipinski definition) is 3. The molecule has 122 valence electrons. The maximum absolute atomic E-state index is 12.3. The van der Waals surface area contributed by atoms with Crippen molar-refractivity contribution in [3.05, 3.63) is 71.8 Å². The van der Waals surface area contributed by atoms with Gasteiger partial charge in [-0.1, -0.05) is 0 Å². The van der Waals surface area contributed by atoms with Crippen LogP contribution in [0.2, 0.25) is 10.1 Å². The summed E-state index contributed by atoms with van der Waals surface area (Å²) in [6, 6.07) is 20.2. The molecular formula is C19H22O3Se. The Balaban J connectivity index is 1.49. The van der Waals surface area contributed by atoms with Gasteiger partial charge in [0.05, 0.1) is 0 Å². The summed E-state index contributed by atoms with van der Waals surface area (Å²) in [5.41, 5.74) is 2.31. The van der Waals surface area contributed by atoms with E-state index in [1.54, 1.807) is 0 Å². The minimum absolute atomic E-state index is 0.0634. The summed E-state index contributed by atoms with van der Waals surface area (Å²) in [6.45, 7) is 1.68. The van der Waals surface area contributed by atoms with Crippen molar-refractivity contribution >= 4 is 13.8 Å². The van der Waals surface area contributed by atoms with Crippen molar-refractivity contribution in [2.45, 2.75) is 35.9 Å². The van der Waals surface area contributed by atoms with Crippen LogP contribution >= 0.6 is 0 Å². The van der Waals surface area contributed by atoms with Gasteiger partial charge in [-0.15, -0.1) is 0 Å². The molecule has 3 rings (SSSR count). The van der Waals surface area contributed by atoms with Gasteiger partial charge in [0, 0.05) is 0 Å². The molecule has 0 aliphatic carbocycles. The monoisotopic (exact) mass is 378 g/mol. The molecule has 1 heterocycles. The van der Waals surface area contributed by atoms with Crippen molar-refractivity contribution in [2.75, 3.05) is 6.61 Å². The number of rotatable bonds is 7. The molecule has 1 aliphatic heterocycles. The molecule has 0 radical (unpaired) electrons. The van der Waals surface area contributed by atoms with Crippen LogP contribution in [0, 0.1) is 0 Å². The third-order valence-electron chi connectivity index (χ3n) is 4.06. The zero-order chi connectivity index (χ0) is 15.9. The second kappa shape index (κ2) is 8.51. The van der Waals surface area contributed by atoms with Gasteiger partial charge in [-0.3, -0.25) is 0 Å². The molecule has 1 fully saturated rings. The number of hydrogen-bond donors (Lipinski definition) is 0. The summed E-state index contributed by atoms with van der Waals surface area (Å²) < 4.78 is 24.1. The van der Waals surface area contributed by atoms with E-state index in [1.807, 2.05) is 48.5 Å². The van der Waals surface area contributed by atoms with Gasteiger partial charge in [0.15, 0.2) is 0 Å². The van der Waals surface area contributed by atoms with Gasteiger partial charge in [0.2, 0.25) is 0 Å². The Kier molecular flexibility index (Phi) is 6.12. The van der Waals surface area contributed by atoms with E-state index in [4.69, 9.17) is 9.47 Å². The van der Waals surface area contributed by atoms with Gasteiger partial charge >= 0.3 is 141 Å². The first-order chi connectivity index (χ1) is 11.3. The first-order valence-corrected chi connectivity index (χ1v) is 10.9. The third-order valence-corrected chi connectivity index (χ3v) is 7.73. The summed E-state index contributed by atoms with van der Waals surface area (Å²) in [5, 5.41) is 0.804. The summed E-state index contributed by atoms with van der Waals surface area (Å²) in [4.78, 5) is 0.0717. The van der Waals surface area contributed by atoms with E-state index in [2.05, 4.69) is 12.1 Å². The van der Waals surface area contributed by atoms with Crippen molar-refractivity contribution in [2.24, 2.45) is 0 Å². The molecule has 0 spiro atoms. The quantitative estimate of drug-likeness (QED) is 0.685. The fraction of sp³-hybridized carbons (Fsp3) is 0.368. The van der Waals surface area contributed by atoms with Crippen molar-refractivity contribution in [3.8, 4) is 0 Å². The standard InChI is InChI=1S/C19H22O3Se/c20-23-12-11-18(22-14-17-9-5-2-6-10-17)19(23)15-21-13-16-7-3-1-4-8-16/h1-10,18-19H,11-15H2/t18-,19+,23?/m0/s1. The second-order valence-corrected chi connectivity index (χ2v) is 9.47. The van der Waals surface area contributed by atoms with Crippen LogP contribution < -0.4 is 0 Å². The molecule has 3 nitrogen and oxygen atoms in total. The summed E-state index contributed by atoms with van der Waals surface area (Å²) in [7, 11) is 0. The zero-order valence-electron chi connectivity index (χ0n) is 13.1. The Morgan fingerprint density at radius 1 is 0.913 bits per heavy atom. The van der Waals surface area contributed by atoms with Gasteiger partial charge in [-0.25, -0.2) is 0 Å². The van der Waals surface area contributed by atoms with Crippen LogP contribution in [-0.4, -0.2) is 26.5 Å². The molecule has 2 aromatic rings. The van der Waals surface area contributed by atoms with E-state index in [1.165, 1.54) is 0 Å². The van der Waals surface area contributed by atoms with E-state index in [-0.39, 0.29) is 10.9 Å². The van der Waals surface area contributed by atoms with Crippen LogP contribution in [0.5, 0.6) is 0 Å². The molecule has 4 heteroatoms. The molecule has 0 amide bonds. The molecule has 1 unspecified atom stereocenters. The minimum atomic E-state index is -1.83. The molecule has 3 atom stereocenters. The maximum atomic E-state index is 12.3. The SMILES string of the molecule is O=[Se]1CC[C@H](OCc2ccccc2)[C@H]1COCc1ccccc1. The predicted molar refractivity (Wildman–Crippen MR) is 90.7 cm³/mol. The van der Waals surface area contributed by atoms with Gasteiger partial charge < -0.3 is 0 Å². The number of ether oxygens (including phenoxy) is 2. The van der Waals surface area contributed by atoms with Crippen LogP contribution in [-0.2, 0) is 26.5 Å². The molecule has 0 N–H and O–H groups in total. The van der Waals surface area contributed by atoms with Gasteiger partial charge in [0.25, 0.3) is 0 Å². The first kappa shape index (κ1) is 16.5. The number of benzene rings is 2. The van der Waals surface area contributed by atoms with Crippen LogP contribution in [0.1, 0.15) is 17.5 Å². The van der Waals surface area contributed by atoms with Crippen molar-refractivity contribution in [1.29, 1.82) is 0 Å². The van der Waals surface area contributed by atoms with Crippen LogP contribution in [0.15, 0.2) is 60.7 Å². The second-order valence-electron chi connectivity index (χ2n) is 5.75. The molecule has 0 saturated carbocycles. The molecule has 1 saturated heterocycles. The Morgan fingerprint density at radius 2 is 1.52 bits per heavy atom.